The number of methoxy groups -OCH3 is 1. The second-order valence-corrected chi connectivity index (χ2v) is 2.70. The molecule has 1 atom stereocenters. The van der Waals surface area contributed by atoms with Gasteiger partial charge >= 0.3 is 0 Å². The molecule has 0 bridgehead atoms. The van der Waals surface area contributed by atoms with Crippen LogP contribution in [0.4, 0.5) is 0 Å². The third-order valence-corrected chi connectivity index (χ3v) is 1.60. The molecule has 1 unspecified atom stereocenters. The van der Waals surface area contributed by atoms with E-state index in [-0.39, 0.29) is 11.9 Å². The van der Waals surface area contributed by atoms with Gasteiger partial charge in [0.05, 0.1) is 12.1 Å². The van der Waals surface area contributed by atoms with E-state index in [1.165, 1.54) is 0 Å². The van der Waals surface area contributed by atoms with Crippen molar-refractivity contribution < 1.29 is 19.4 Å². The fourth-order valence-electron chi connectivity index (χ4n) is 0.708. The van der Waals surface area contributed by atoms with Gasteiger partial charge in [-0.25, -0.2) is 0 Å². The van der Waals surface area contributed by atoms with Crippen molar-refractivity contribution in [1.29, 1.82) is 0 Å². The number of carbonyl (C=O) groups is 2. The number of ether oxygens (including phenoxy) is 1. The Kier molecular flexibility index (Phi) is 5.80. The van der Waals surface area contributed by atoms with E-state index in [1.54, 1.807) is 7.11 Å². The van der Waals surface area contributed by atoms with Crippen LogP contribution >= 0.6 is 0 Å². The molecule has 0 aromatic carbocycles. The van der Waals surface area contributed by atoms with Gasteiger partial charge in [0, 0.05) is 13.5 Å². The molecule has 0 rings (SSSR count). The number of carboxylic acids is 1. The van der Waals surface area contributed by atoms with E-state index in [0.717, 1.165) is 12.2 Å². The van der Waals surface area contributed by atoms with E-state index in [0.29, 0.717) is 12.8 Å². The normalized spacial score (nSPS) is 13.1. The molecule has 0 spiro atoms. The van der Waals surface area contributed by atoms with Gasteiger partial charge in [-0.3, -0.25) is 4.79 Å². The van der Waals surface area contributed by atoms with E-state index in [9.17, 15) is 14.7 Å². The highest BCUT2D eigenvalue weighted by molar-refractivity contribution is 5.94. The van der Waals surface area contributed by atoms with Gasteiger partial charge in [0.2, 0.25) is 0 Å². The van der Waals surface area contributed by atoms with Crippen LogP contribution < -0.4 is 5.11 Å². The molecule has 0 N–H and O–H groups in total. The number of carbonyl (C=O) groups excluding carboxylic acids is 2. The minimum Gasteiger partial charge on any atom is -0.545 e. The maximum absolute atomic E-state index is 10.9. The summed E-state index contributed by atoms with van der Waals surface area (Å²) >= 11 is 0. The maximum atomic E-state index is 10.9. The lowest BCUT2D eigenvalue weighted by Gasteiger charge is -2.06. The summed E-state index contributed by atoms with van der Waals surface area (Å²) < 4.78 is 4.92. The zero-order chi connectivity index (χ0) is 10.3. The van der Waals surface area contributed by atoms with E-state index < -0.39 is 5.97 Å². The number of allylic oxidation sites excluding steroid dienone is 1. The molecule has 0 fully saturated rings. The number of carboxylic acid groups (broad SMARTS) is 1. The van der Waals surface area contributed by atoms with Crippen molar-refractivity contribution >= 4 is 11.8 Å². The summed E-state index contributed by atoms with van der Waals surface area (Å²) in [7, 11) is 1.56. The van der Waals surface area contributed by atoms with Crippen molar-refractivity contribution in [1.82, 2.24) is 0 Å². The van der Waals surface area contributed by atoms with Crippen LogP contribution in [0, 0.1) is 0 Å². The lowest BCUT2D eigenvalue weighted by Crippen LogP contribution is -2.19. The highest BCUT2D eigenvalue weighted by atomic mass is 16.5. The first-order valence-corrected chi connectivity index (χ1v) is 4.01. The Labute approximate surface area is 77.2 Å². The third kappa shape index (κ3) is 7.21. The van der Waals surface area contributed by atoms with Crippen LogP contribution in [0.15, 0.2) is 12.2 Å². The zero-order valence-electron chi connectivity index (χ0n) is 7.78. The van der Waals surface area contributed by atoms with E-state index in [2.05, 4.69) is 0 Å². The lowest BCUT2D eigenvalue weighted by atomic mass is 10.1. The van der Waals surface area contributed by atoms with Gasteiger partial charge in [-0.15, -0.1) is 0 Å². The van der Waals surface area contributed by atoms with Gasteiger partial charge in [-0.2, -0.15) is 0 Å². The Morgan fingerprint density at radius 3 is 2.54 bits per heavy atom. The van der Waals surface area contributed by atoms with Crippen LogP contribution in [-0.4, -0.2) is 25.0 Å². The van der Waals surface area contributed by atoms with Gasteiger partial charge in [-0.1, -0.05) is 0 Å². The predicted molar refractivity (Wildman–Crippen MR) is 44.9 cm³/mol. The molecular formula is C9H13O4-. The quantitative estimate of drug-likeness (QED) is 0.532. The molecule has 0 aliphatic heterocycles. The standard InChI is InChI=1S/C9H14O4/c1-7(13-2)3-4-8(10)5-6-9(11)12/h5-7H,3-4H2,1-2H3,(H,11,12)/p-1/b6-5+. The summed E-state index contributed by atoms with van der Waals surface area (Å²) in [5.74, 6) is -1.58. The summed E-state index contributed by atoms with van der Waals surface area (Å²) in [6.45, 7) is 1.84. The largest absolute Gasteiger partial charge is 0.545 e. The summed E-state index contributed by atoms with van der Waals surface area (Å²) in [5, 5.41) is 9.92. The Morgan fingerprint density at radius 2 is 2.08 bits per heavy atom. The molecular weight excluding hydrogens is 172 g/mol. The molecule has 74 valence electrons. The van der Waals surface area contributed by atoms with Crippen LogP contribution in [0.25, 0.3) is 0 Å². The number of aliphatic carboxylic acids is 1. The van der Waals surface area contributed by atoms with Crippen molar-refractivity contribution in [3.05, 3.63) is 12.2 Å². The molecule has 0 saturated carbocycles. The van der Waals surface area contributed by atoms with Crippen LogP contribution in [0.5, 0.6) is 0 Å². The molecule has 0 aromatic rings. The topological polar surface area (TPSA) is 66.4 Å². The molecule has 0 aromatic heterocycles. The number of hydrogen-bond donors (Lipinski definition) is 0. The second kappa shape index (κ2) is 6.37. The second-order valence-electron chi connectivity index (χ2n) is 2.70. The molecule has 4 nitrogen and oxygen atoms in total. The van der Waals surface area contributed by atoms with Gasteiger partial charge in [-0.05, 0) is 25.5 Å². The molecule has 0 aliphatic carbocycles. The molecule has 0 saturated heterocycles. The monoisotopic (exact) mass is 185 g/mol. The van der Waals surface area contributed by atoms with Crippen molar-refractivity contribution in [2.75, 3.05) is 7.11 Å². The zero-order valence-corrected chi connectivity index (χ0v) is 7.78. The molecule has 0 aliphatic rings. The van der Waals surface area contributed by atoms with Crippen LogP contribution in [-0.2, 0) is 14.3 Å². The summed E-state index contributed by atoms with van der Waals surface area (Å²) in [4.78, 5) is 20.9. The lowest BCUT2D eigenvalue weighted by molar-refractivity contribution is -0.297. The summed E-state index contributed by atoms with van der Waals surface area (Å²) in [6, 6.07) is 0. The molecule has 0 heterocycles. The highest BCUT2D eigenvalue weighted by Gasteiger charge is 2.02. The molecule has 0 amide bonds. The minimum atomic E-state index is -1.35. The van der Waals surface area contributed by atoms with Gasteiger partial charge in [0.15, 0.2) is 5.78 Å². The minimum absolute atomic E-state index is 0.0142. The van der Waals surface area contributed by atoms with Gasteiger partial charge in [0.25, 0.3) is 0 Å². The number of hydrogen-bond acceptors (Lipinski definition) is 4. The van der Waals surface area contributed by atoms with E-state index in [4.69, 9.17) is 4.74 Å². The summed E-state index contributed by atoms with van der Waals surface area (Å²) in [6.07, 6.45) is 2.64. The average molecular weight is 185 g/mol. The maximum Gasteiger partial charge on any atom is 0.155 e. The Hall–Kier alpha value is -1.16. The van der Waals surface area contributed by atoms with Crippen LogP contribution in [0.1, 0.15) is 19.8 Å². The van der Waals surface area contributed by atoms with Crippen LogP contribution in [0.3, 0.4) is 0 Å². The first kappa shape index (κ1) is 11.8. The Bertz CT molecular complexity index is 208. The van der Waals surface area contributed by atoms with Gasteiger partial charge < -0.3 is 14.6 Å². The van der Waals surface area contributed by atoms with Crippen molar-refractivity contribution in [2.45, 2.75) is 25.9 Å². The first-order valence-electron chi connectivity index (χ1n) is 4.01. The predicted octanol–water partition coefficient (Wildman–Crippen LogP) is -0.323. The Balaban J connectivity index is 3.69. The summed E-state index contributed by atoms with van der Waals surface area (Å²) in [5.41, 5.74) is 0. The van der Waals surface area contributed by atoms with Crippen molar-refractivity contribution in [3.63, 3.8) is 0 Å². The highest BCUT2D eigenvalue weighted by Crippen LogP contribution is 2.00. The van der Waals surface area contributed by atoms with E-state index in [1.807, 2.05) is 6.92 Å². The average Bonchev–Trinajstić information content (AvgIpc) is 2.10. The smallest absolute Gasteiger partial charge is 0.155 e. The first-order chi connectivity index (χ1) is 6.06. The Morgan fingerprint density at radius 1 is 1.46 bits per heavy atom. The van der Waals surface area contributed by atoms with Gasteiger partial charge in [0.1, 0.15) is 0 Å². The van der Waals surface area contributed by atoms with E-state index >= 15 is 0 Å². The molecule has 4 heteroatoms. The fraction of sp³-hybridized carbons (Fsp3) is 0.556. The fourth-order valence-corrected chi connectivity index (χ4v) is 0.708. The third-order valence-electron chi connectivity index (χ3n) is 1.60. The number of ketones is 1. The van der Waals surface area contributed by atoms with Crippen LogP contribution in [0.2, 0.25) is 0 Å². The SMILES string of the molecule is COC(C)CCC(=O)/C=C/C(=O)[O-]. The van der Waals surface area contributed by atoms with Crippen molar-refractivity contribution in [2.24, 2.45) is 0 Å². The molecule has 0 radical (unpaired) electrons. The number of rotatable bonds is 6. The molecule has 13 heavy (non-hydrogen) atoms. The van der Waals surface area contributed by atoms with Crippen molar-refractivity contribution in [3.8, 4) is 0 Å².